The molecule has 0 saturated carbocycles. The van der Waals surface area contributed by atoms with Gasteiger partial charge in [0.15, 0.2) is 0 Å². The van der Waals surface area contributed by atoms with Gasteiger partial charge in [-0.25, -0.2) is 10.1 Å². The van der Waals surface area contributed by atoms with E-state index in [1.165, 1.54) is 0 Å². The number of aromatic amines is 1. The van der Waals surface area contributed by atoms with Gasteiger partial charge in [-0.05, 0) is 31.6 Å². The standard InChI is InChI=1S/C22H23N5O/c1-5-14(10-9-13(2)3)19-18(21-23-11-12-27(21)4)20-17-15(22(28)26-25-20)7-6-8-16(17)24-19/h5-12,18-19,24H,2H2,1,3-4H3,(H,26,28). The number of hydrogen-bond acceptors (Lipinski definition) is 4. The summed E-state index contributed by atoms with van der Waals surface area (Å²) in [6, 6.07) is 5.63. The summed E-state index contributed by atoms with van der Waals surface area (Å²) < 4.78 is 2.00. The van der Waals surface area contributed by atoms with Crippen LogP contribution in [0.2, 0.25) is 0 Å². The SMILES string of the molecule is C=C(C)C=CC(=CC)C1Nc2cccc3c(=O)[nH]nc(c23)C1c1nccn1C. The van der Waals surface area contributed by atoms with Crippen molar-refractivity contribution in [2.75, 3.05) is 5.32 Å². The largest absolute Gasteiger partial charge is 0.377 e. The highest BCUT2D eigenvalue weighted by Gasteiger charge is 2.37. The van der Waals surface area contributed by atoms with E-state index in [2.05, 4.69) is 39.2 Å². The highest BCUT2D eigenvalue weighted by atomic mass is 16.1. The molecule has 0 radical (unpaired) electrons. The summed E-state index contributed by atoms with van der Waals surface area (Å²) in [5.74, 6) is 0.728. The minimum atomic E-state index is -0.187. The third-order valence-electron chi connectivity index (χ3n) is 5.17. The molecule has 2 unspecified atom stereocenters. The number of hydrogen-bond donors (Lipinski definition) is 2. The quantitative estimate of drug-likeness (QED) is 0.685. The average molecular weight is 373 g/mol. The third kappa shape index (κ3) is 2.87. The van der Waals surface area contributed by atoms with Crippen LogP contribution in [0.15, 0.2) is 71.3 Å². The van der Waals surface area contributed by atoms with Crippen molar-refractivity contribution in [2.45, 2.75) is 25.8 Å². The molecule has 1 aromatic carbocycles. The third-order valence-corrected chi connectivity index (χ3v) is 5.17. The smallest absolute Gasteiger partial charge is 0.272 e. The molecule has 3 heterocycles. The van der Waals surface area contributed by atoms with Crippen LogP contribution in [0.25, 0.3) is 10.8 Å². The number of H-pyrrole nitrogens is 1. The Morgan fingerprint density at radius 2 is 2.14 bits per heavy atom. The maximum atomic E-state index is 12.3. The number of aryl methyl sites for hydroxylation is 1. The summed E-state index contributed by atoms with van der Waals surface area (Å²) in [7, 11) is 1.97. The van der Waals surface area contributed by atoms with E-state index in [1.807, 2.05) is 55.9 Å². The lowest BCUT2D eigenvalue weighted by atomic mass is 9.83. The predicted molar refractivity (Wildman–Crippen MR) is 113 cm³/mol. The Bertz CT molecular complexity index is 1180. The summed E-state index contributed by atoms with van der Waals surface area (Å²) in [5.41, 5.74) is 3.63. The van der Waals surface area contributed by atoms with Crippen LogP contribution in [0.5, 0.6) is 0 Å². The number of imidazole rings is 1. The van der Waals surface area contributed by atoms with Gasteiger partial charge in [-0.15, -0.1) is 0 Å². The summed E-state index contributed by atoms with van der Waals surface area (Å²) in [4.78, 5) is 16.9. The van der Waals surface area contributed by atoms with Gasteiger partial charge >= 0.3 is 0 Å². The molecule has 3 aromatic rings. The molecule has 1 aliphatic heterocycles. The zero-order valence-electron chi connectivity index (χ0n) is 16.2. The van der Waals surface area contributed by atoms with Gasteiger partial charge in [0.05, 0.1) is 23.0 Å². The molecule has 28 heavy (non-hydrogen) atoms. The average Bonchev–Trinajstić information content (AvgIpc) is 3.10. The minimum Gasteiger partial charge on any atom is -0.377 e. The molecule has 4 rings (SSSR count). The van der Waals surface area contributed by atoms with Crippen LogP contribution in [-0.4, -0.2) is 25.8 Å². The first-order chi connectivity index (χ1) is 13.5. The zero-order chi connectivity index (χ0) is 19.8. The van der Waals surface area contributed by atoms with Gasteiger partial charge in [0, 0.05) is 30.5 Å². The van der Waals surface area contributed by atoms with Crippen molar-refractivity contribution < 1.29 is 0 Å². The van der Waals surface area contributed by atoms with Crippen molar-refractivity contribution in [2.24, 2.45) is 7.05 Å². The predicted octanol–water partition coefficient (Wildman–Crippen LogP) is 3.66. The van der Waals surface area contributed by atoms with E-state index in [-0.39, 0.29) is 17.5 Å². The Kier molecular flexibility index (Phi) is 4.47. The highest BCUT2D eigenvalue weighted by molar-refractivity contribution is 5.97. The fourth-order valence-electron chi connectivity index (χ4n) is 3.84. The van der Waals surface area contributed by atoms with Crippen LogP contribution in [0.1, 0.15) is 31.3 Å². The topological polar surface area (TPSA) is 75.6 Å². The van der Waals surface area contributed by atoms with Gasteiger partial charge in [-0.1, -0.05) is 36.4 Å². The van der Waals surface area contributed by atoms with Crippen LogP contribution in [-0.2, 0) is 7.05 Å². The lowest BCUT2D eigenvalue weighted by Gasteiger charge is -2.34. The summed E-state index contributed by atoms with van der Waals surface area (Å²) >= 11 is 0. The second-order valence-electron chi connectivity index (χ2n) is 7.13. The van der Waals surface area contributed by atoms with Crippen molar-refractivity contribution in [1.82, 2.24) is 19.7 Å². The van der Waals surface area contributed by atoms with E-state index < -0.39 is 0 Å². The van der Waals surface area contributed by atoms with Gasteiger partial charge in [0.2, 0.25) is 0 Å². The monoisotopic (exact) mass is 373 g/mol. The molecule has 2 N–H and O–H groups in total. The lowest BCUT2D eigenvalue weighted by molar-refractivity contribution is 0.615. The van der Waals surface area contributed by atoms with E-state index in [0.717, 1.165) is 33.7 Å². The molecule has 0 saturated heterocycles. The number of nitrogens with zero attached hydrogens (tertiary/aromatic N) is 3. The van der Waals surface area contributed by atoms with E-state index in [4.69, 9.17) is 0 Å². The van der Waals surface area contributed by atoms with E-state index in [9.17, 15) is 4.79 Å². The van der Waals surface area contributed by atoms with E-state index in [0.29, 0.717) is 5.39 Å². The molecule has 2 atom stereocenters. The number of rotatable bonds is 4. The fraction of sp³-hybridized carbons (Fsp3) is 0.227. The number of anilines is 1. The second-order valence-corrected chi connectivity index (χ2v) is 7.13. The van der Waals surface area contributed by atoms with Crippen LogP contribution >= 0.6 is 0 Å². The first kappa shape index (κ1) is 18.0. The van der Waals surface area contributed by atoms with Crippen molar-refractivity contribution in [1.29, 1.82) is 0 Å². The number of allylic oxidation sites excluding steroid dienone is 3. The molecule has 6 nitrogen and oxygen atoms in total. The Labute approximate surface area is 163 Å². The normalized spacial score (nSPS) is 19.2. The van der Waals surface area contributed by atoms with Crippen molar-refractivity contribution >= 4 is 16.5 Å². The van der Waals surface area contributed by atoms with Gasteiger partial charge in [-0.2, -0.15) is 5.10 Å². The number of aromatic nitrogens is 4. The van der Waals surface area contributed by atoms with Crippen molar-refractivity contribution in [3.05, 3.63) is 88.4 Å². The first-order valence-electron chi connectivity index (χ1n) is 9.26. The Morgan fingerprint density at radius 1 is 1.32 bits per heavy atom. The molecule has 0 bridgehead atoms. The molecular formula is C22H23N5O. The maximum Gasteiger partial charge on any atom is 0.272 e. The Morgan fingerprint density at radius 3 is 2.82 bits per heavy atom. The van der Waals surface area contributed by atoms with E-state index in [1.54, 1.807) is 6.20 Å². The highest BCUT2D eigenvalue weighted by Crippen LogP contribution is 2.41. The van der Waals surface area contributed by atoms with Crippen LogP contribution in [0.3, 0.4) is 0 Å². The Hall–Kier alpha value is -3.41. The van der Waals surface area contributed by atoms with Crippen LogP contribution in [0, 0.1) is 0 Å². The summed E-state index contributed by atoms with van der Waals surface area (Å²) in [5, 5.41) is 12.3. The minimum absolute atomic E-state index is 0.0850. The Balaban J connectivity index is 1.98. The fourth-order valence-corrected chi connectivity index (χ4v) is 3.84. The van der Waals surface area contributed by atoms with Crippen molar-refractivity contribution in [3.8, 4) is 0 Å². The van der Waals surface area contributed by atoms with Gasteiger partial charge < -0.3 is 9.88 Å². The second kappa shape index (κ2) is 6.96. The van der Waals surface area contributed by atoms with E-state index >= 15 is 0 Å². The van der Waals surface area contributed by atoms with Gasteiger partial charge in [-0.3, -0.25) is 4.79 Å². The van der Waals surface area contributed by atoms with Crippen LogP contribution < -0.4 is 10.9 Å². The molecular weight excluding hydrogens is 350 g/mol. The molecule has 0 amide bonds. The molecule has 0 spiro atoms. The van der Waals surface area contributed by atoms with Gasteiger partial charge in [0.25, 0.3) is 5.56 Å². The maximum absolute atomic E-state index is 12.3. The molecule has 2 aromatic heterocycles. The molecule has 0 aliphatic carbocycles. The number of nitrogens with one attached hydrogen (secondary N) is 2. The lowest BCUT2D eigenvalue weighted by Crippen LogP contribution is -2.36. The first-order valence-corrected chi connectivity index (χ1v) is 9.26. The molecule has 142 valence electrons. The van der Waals surface area contributed by atoms with Crippen LogP contribution in [0.4, 0.5) is 5.69 Å². The summed E-state index contributed by atoms with van der Waals surface area (Å²) in [6.45, 7) is 7.95. The summed E-state index contributed by atoms with van der Waals surface area (Å²) in [6.07, 6.45) is 9.88. The zero-order valence-corrected chi connectivity index (χ0v) is 16.2. The number of benzene rings is 1. The molecule has 1 aliphatic rings. The van der Waals surface area contributed by atoms with Crippen molar-refractivity contribution in [3.63, 3.8) is 0 Å². The molecule has 0 fully saturated rings. The van der Waals surface area contributed by atoms with Gasteiger partial charge in [0.1, 0.15) is 5.82 Å². The molecule has 6 heteroatoms.